The molecule has 27 heavy (non-hydrogen) atoms. The van der Waals surface area contributed by atoms with E-state index in [0.29, 0.717) is 17.9 Å². The molecule has 0 bridgehead atoms. The quantitative estimate of drug-likeness (QED) is 0.692. The van der Waals surface area contributed by atoms with Crippen molar-refractivity contribution in [2.24, 2.45) is 0 Å². The van der Waals surface area contributed by atoms with E-state index in [1.54, 1.807) is 13.1 Å². The van der Waals surface area contributed by atoms with Gasteiger partial charge in [0.25, 0.3) is 5.91 Å². The molecule has 0 unspecified atom stereocenters. The van der Waals surface area contributed by atoms with Crippen LogP contribution in [-0.4, -0.2) is 20.8 Å². The van der Waals surface area contributed by atoms with Crippen LogP contribution in [0.1, 0.15) is 45.6 Å². The van der Waals surface area contributed by atoms with Gasteiger partial charge in [0.15, 0.2) is 5.69 Å². The van der Waals surface area contributed by atoms with Crippen LogP contribution in [0, 0.1) is 20.8 Å². The number of aromatic nitrogens is 3. The number of hydrogen-bond acceptors (Lipinski definition) is 5. The number of nitrogens with zero attached hydrogens (tertiary/aromatic N) is 3. The third-order valence-electron chi connectivity index (χ3n) is 4.55. The number of carbonyl (C=O) groups is 1. The number of benzene rings is 1. The Bertz CT molecular complexity index is 925. The fraction of sp³-hybridized carbons (Fsp3) is 0.350. The van der Waals surface area contributed by atoms with Crippen LogP contribution in [0.2, 0.25) is 0 Å². The number of aryl methyl sites for hydroxylation is 3. The second-order valence-electron chi connectivity index (χ2n) is 6.42. The number of rotatable bonds is 7. The monoisotopic (exact) mass is 368 g/mol. The Balaban J connectivity index is 1.66. The summed E-state index contributed by atoms with van der Waals surface area (Å²) in [5.74, 6) is 1.01. The van der Waals surface area contributed by atoms with E-state index in [1.165, 1.54) is 0 Å². The highest BCUT2D eigenvalue weighted by atomic mass is 16.5. The summed E-state index contributed by atoms with van der Waals surface area (Å²) in [5.41, 5.74) is 4.07. The lowest BCUT2D eigenvalue weighted by molar-refractivity contribution is 0.0939. The molecular formula is C20H24N4O3. The van der Waals surface area contributed by atoms with Gasteiger partial charge in [-0.15, -0.1) is 0 Å². The zero-order valence-electron chi connectivity index (χ0n) is 16.1. The first kappa shape index (κ1) is 18.7. The van der Waals surface area contributed by atoms with Gasteiger partial charge in [-0.2, -0.15) is 5.10 Å². The molecule has 1 aromatic carbocycles. The highest BCUT2D eigenvalue weighted by molar-refractivity contribution is 5.93. The second kappa shape index (κ2) is 8.07. The smallest absolute Gasteiger partial charge is 0.274 e. The number of amides is 1. The Morgan fingerprint density at radius 1 is 1.22 bits per heavy atom. The first-order valence-corrected chi connectivity index (χ1v) is 8.93. The molecule has 0 saturated heterocycles. The van der Waals surface area contributed by atoms with Crippen molar-refractivity contribution in [3.63, 3.8) is 0 Å². The Morgan fingerprint density at radius 3 is 2.63 bits per heavy atom. The molecule has 3 aromatic rings. The standard InChI is InChI=1S/C20H24N4O3/c1-5-24-14(3)16(11-22-24)10-21-20(25)19-18(15(4)27-23-19)12-26-17-8-6-13(2)7-9-17/h6-9,11H,5,10,12H2,1-4H3,(H,21,25). The lowest BCUT2D eigenvalue weighted by Gasteiger charge is -2.08. The van der Waals surface area contributed by atoms with E-state index in [-0.39, 0.29) is 18.2 Å². The van der Waals surface area contributed by atoms with Crippen molar-refractivity contribution in [2.45, 2.75) is 47.4 Å². The predicted molar refractivity (Wildman–Crippen MR) is 101 cm³/mol. The van der Waals surface area contributed by atoms with Crippen LogP contribution in [-0.2, 0) is 19.7 Å². The summed E-state index contributed by atoms with van der Waals surface area (Å²) in [6.07, 6.45) is 1.77. The molecule has 1 N–H and O–H groups in total. The summed E-state index contributed by atoms with van der Waals surface area (Å²) in [4.78, 5) is 12.6. The van der Waals surface area contributed by atoms with Crippen molar-refractivity contribution in [3.8, 4) is 5.75 Å². The highest BCUT2D eigenvalue weighted by Crippen LogP contribution is 2.18. The van der Waals surface area contributed by atoms with E-state index < -0.39 is 0 Å². The van der Waals surface area contributed by atoms with Crippen LogP contribution in [0.25, 0.3) is 0 Å². The van der Waals surface area contributed by atoms with Crippen molar-refractivity contribution < 1.29 is 14.1 Å². The molecule has 2 heterocycles. The summed E-state index contributed by atoms with van der Waals surface area (Å²) in [6.45, 7) is 9.20. The molecule has 0 spiro atoms. The second-order valence-corrected chi connectivity index (χ2v) is 6.42. The van der Waals surface area contributed by atoms with E-state index >= 15 is 0 Å². The molecule has 0 saturated carbocycles. The summed E-state index contributed by atoms with van der Waals surface area (Å²) in [7, 11) is 0. The van der Waals surface area contributed by atoms with Gasteiger partial charge in [0.2, 0.25) is 0 Å². The molecule has 0 fully saturated rings. The van der Waals surface area contributed by atoms with Gasteiger partial charge in [0, 0.05) is 24.3 Å². The minimum absolute atomic E-state index is 0.216. The Labute approximate surface area is 158 Å². The fourth-order valence-corrected chi connectivity index (χ4v) is 2.77. The van der Waals surface area contributed by atoms with Crippen molar-refractivity contribution in [1.29, 1.82) is 0 Å². The Morgan fingerprint density at radius 2 is 1.96 bits per heavy atom. The lowest BCUT2D eigenvalue weighted by Crippen LogP contribution is -2.25. The summed E-state index contributed by atoms with van der Waals surface area (Å²) in [5, 5.41) is 11.1. The summed E-state index contributed by atoms with van der Waals surface area (Å²) in [6, 6.07) is 7.74. The van der Waals surface area contributed by atoms with Gasteiger partial charge in [0.05, 0.1) is 11.8 Å². The van der Waals surface area contributed by atoms with Gasteiger partial charge in [-0.25, -0.2) is 0 Å². The largest absolute Gasteiger partial charge is 0.489 e. The summed E-state index contributed by atoms with van der Waals surface area (Å²) < 4.78 is 12.9. The molecule has 2 aromatic heterocycles. The van der Waals surface area contributed by atoms with E-state index in [9.17, 15) is 4.79 Å². The molecule has 0 radical (unpaired) electrons. The van der Waals surface area contributed by atoms with E-state index in [1.807, 2.05) is 49.7 Å². The maximum absolute atomic E-state index is 12.6. The van der Waals surface area contributed by atoms with Gasteiger partial charge in [-0.05, 0) is 39.8 Å². The topological polar surface area (TPSA) is 82.2 Å². The third kappa shape index (κ3) is 4.19. The molecular weight excluding hydrogens is 344 g/mol. The van der Waals surface area contributed by atoms with Gasteiger partial charge >= 0.3 is 0 Å². The van der Waals surface area contributed by atoms with E-state index in [2.05, 4.69) is 15.6 Å². The van der Waals surface area contributed by atoms with Gasteiger partial charge in [-0.1, -0.05) is 22.9 Å². The van der Waals surface area contributed by atoms with Gasteiger partial charge in [0.1, 0.15) is 18.1 Å². The molecule has 0 aliphatic rings. The maximum atomic E-state index is 12.6. The highest BCUT2D eigenvalue weighted by Gasteiger charge is 2.20. The average molecular weight is 368 g/mol. The SMILES string of the molecule is CCn1ncc(CNC(=O)c2noc(C)c2COc2ccc(C)cc2)c1C. The van der Waals surface area contributed by atoms with Gasteiger partial charge in [-0.3, -0.25) is 9.48 Å². The Hall–Kier alpha value is -3.09. The molecule has 7 nitrogen and oxygen atoms in total. The van der Waals surface area contributed by atoms with Crippen LogP contribution >= 0.6 is 0 Å². The van der Waals surface area contributed by atoms with Crippen molar-refractivity contribution in [3.05, 3.63) is 64.3 Å². The van der Waals surface area contributed by atoms with E-state index in [4.69, 9.17) is 9.26 Å². The minimum atomic E-state index is -0.294. The zero-order chi connectivity index (χ0) is 19.4. The Kier molecular flexibility index (Phi) is 5.59. The average Bonchev–Trinajstić information content (AvgIpc) is 3.21. The fourth-order valence-electron chi connectivity index (χ4n) is 2.77. The normalized spacial score (nSPS) is 10.8. The van der Waals surface area contributed by atoms with E-state index in [0.717, 1.165) is 29.1 Å². The molecule has 0 aliphatic heterocycles. The molecule has 0 aliphatic carbocycles. The van der Waals surface area contributed by atoms with Crippen LogP contribution < -0.4 is 10.1 Å². The summed E-state index contributed by atoms with van der Waals surface area (Å²) >= 11 is 0. The van der Waals surface area contributed by atoms with Crippen molar-refractivity contribution in [2.75, 3.05) is 0 Å². The van der Waals surface area contributed by atoms with Crippen LogP contribution in [0.5, 0.6) is 5.75 Å². The van der Waals surface area contributed by atoms with Crippen molar-refractivity contribution in [1.82, 2.24) is 20.3 Å². The maximum Gasteiger partial charge on any atom is 0.274 e. The number of hydrogen-bond donors (Lipinski definition) is 1. The molecule has 0 atom stereocenters. The van der Waals surface area contributed by atoms with Crippen LogP contribution in [0.4, 0.5) is 0 Å². The van der Waals surface area contributed by atoms with Gasteiger partial charge < -0.3 is 14.6 Å². The van der Waals surface area contributed by atoms with Crippen LogP contribution in [0.3, 0.4) is 0 Å². The molecule has 3 rings (SSSR count). The lowest BCUT2D eigenvalue weighted by atomic mass is 10.2. The molecule has 1 amide bonds. The third-order valence-corrected chi connectivity index (χ3v) is 4.55. The predicted octanol–water partition coefficient (Wildman–Crippen LogP) is 3.33. The first-order valence-electron chi connectivity index (χ1n) is 8.93. The molecule has 7 heteroatoms. The van der Waals surface area contributed by atoms with Crippen LogP contribution in [0.15, 0.2) is 35.0 Å². The minimum Gasteiger partial charge on any atom is -0.489 e. The van der Waals surface area contributed by atoms with Crippen molar-refractivity contribution >= 4 is 5.91 Å². The molecule has 142 valence electrons. The number of ether oxygens (including phenoxy) is 1. The number of nitrogens with one attached hydrogen (secondary N) is 1. The first-order chi connectivity index (χ1) is 13.0. The number of carbonyl (C=O) groups excluding carboxylic acids is 1. The zero-order valence-corrected chi connectivity index (χ0v) is 16.1.